The Morgan fingerprint density at radius 3 is 2.95 bits per heavy atom. The topological polar surface area (TPSA) is 53.2 Å². The van der Waals surface area contributed by atoms with E-state index in [1.54, 1.807) is 13.3 Å². The van der Waals surface area contributed by atoms with Crippen LogP contribution in [0.1, 0.15) is 30.3 Å². The number of rotatable bonds is 7. The van der Waals surface area contributed by atoms with E-state index >= 15 is 0 Å². The first-order valence-corrected chi connectivity index (χ1v) is 7.94. The van der Waals surface area contributed by atoms with E-state index < -0.39 is 0 Å². The zero-order valence-electron chi connectivity index (χ0n) is 13.1. The van der Waals surface area contributed by atoms with E-state index in [4.69, 9.17) is 4.74 Å². The number of imidazole rings is 1. The van der Waals surface area contributed by atoms with E-state index in [1.165, 1.54) is 31.5 Å². The quantitative estimate of drug-likeness (QED) is 0.824. The third kappa shape index (κ3) is 3.67. The van der Waals surface area contributed by atoms with Crippen LogP contribution in [0.5, 0.6) is 5.75 Å². The van der Waals surface area contributed by atoms with Gasteiger partial charge in [0.2, 0.25) is 0 Å². The highest BCUT2D eigenvalue weighted by Crippen LogP contribution is 2.27. The molecule has 1 aromatic carbocycles. The average molecular weight is 300 g/mol. The number of methoxy groups -OCH3 is 1. The first kappa shape index (κ1) is 15.1. The molecule has 1 aliphatic rings. The van der Waals surface area contributed by atoms with Gasteiger partial charge >= 0.3 is 0 Å². The minimum absolute atomic E-state index is 0.382. The van der Waals surface area contributed by atoms with Gasteiger partial charge in [-0.25, -0.2) is 4.98 Å². The fourth-order valence-corrected chi connectivity index (χ4v) is 3.08. The number of hydrogen-bond acceptors (Lipinski definition) is 4. The predicted molar refractivity (Wildman–Crippen MR) is 86.8 cm³/mol. The molecule has 0 radical (unpaired) electrons. The summed E-state index contributed by atoms with van der Waals surface area (Å²) in [6, 6.07) is 8.80. The Balaban J connectivity index is 1.68. The molecular weight excluding hydrogens is 276 g/mol. The molecule has 118 valence electrons. The van der Waals surface area contributed by atoms with Crippen LogP contribution in [0.4, 0.5) is 0 Å². The fourth-order valence-electron chi connectivity index (χ4n) is 3.08. The van der Waals surface area contributed by atoms with Crippen LogP contribution in [-0.4, -0.2) is 41.6 Å². The summed E-state index contributed by atoms with van der Waals surface area (Å²) in [6.45, 7) is 4.02. The molecule has 0 aliphatic carbocycles. The Kier molecular flexibility index (Phi) is 5.08. The van der Waals surface area contributed by atoms with Gasteiger partial charge < -0.3 is 15.0 Å². The number of aromatic amines is 1. The number of aromatic nitrogens is 2. The molecule has 1 atom stereocenters. The maximum absolute atomic E-state index is 5.38. The van der Waals surface area contributed by atoms with Gasteiger partial charge in [-0.15, -0.1) is 0 Å². The molecule has 0 spiro atoms. The highest BCUT2D eigenvalue weighted by atomic mass is 16.5. The molecule has 2 heterocycles. The SMILES string of the molecule is COc1cccc(C(CNCc2ncc[nH]2)N2CCCC2)c1. The maximum atomic E-state index is 5.38. The van der Waals surface area contributed by atoms with Gasteiger partial charge in [-0.3, -0.25) is 4.90 Å². The van der Waals surface area contributed by atoms with E-state index in [0.717, 1.165) is 24.7 Å². The highest BCUT2D eigenvalue weighted by Gasteiger charge is 2.23. The number of hydrogen-bond donors (Lipinski definition) is 2. The second kappa shape index (κ2) is 7.42. The Hall–Kier alpha value is -1.85. The van der Waals surface area contributed by atoms with Gasteiger partial charge in [0.15, 0.2) is 0 Å². The Morgan fingerprint density at radius 2 is 2.23 bits per heavy atom. The van der Waals surface area contributed by atoms with E-state index in [0.29, 0.717) is 6.04 Å². The normalized spacial score (nSPS) is 16.8. The maximum Gasteiger partial charge on any atom is 0.120 e. The van der Waals surface area contributed by atoms with Crippen molar-refractivity contribution < 1.29 is 4.74 Å². The second-order valence-electron chi connectivity index (χ2n) is 5.70. The number of ether oxygens (including phenoxy) is 1. The van der Waals surface area contributed by atoms with Crippen LogP contribution in [0, 0.1) is 0 Å². The molecule has 0 bridgehead atoms. The van der Waals surface area contributed by atoms with E-state index in [-0.39, 0.29) is 0 Å². The number of benzene rings is 1. The van der Waals surface area contributed by atoms with Gasteiger partial charge in [0, 0.05) is 25.0 Å². The standard InChI is InChI=1S/C17H24N4O/c1-22-15-6-4-5-14(11-15)16(21-9-2-3-10-21)12-18-13-17-19-7-8-20-17/h4-8,11,16,18H,2-3,9-10,12-13H2,1H3,(H,19,20). The van der Waals surface area contributed by atoms with Crippen molar-refractivity contribution in [2.24, 2.45) is 0 Å². The first-order valence-electron chi connectivity index (χ1n) is 7.94. The molecule has 1 aliphatic heterocycles. The van der Waals surface area contributed by atoms with Crippen LogP contribution in [0.2, 0.25) is 0 Å². The van der Waals surface area contributed by atoms with Crippen molar-refractivity contribution in [2.45, 2.75) is 25.4 Å². The monoisotopic (exact) mass is 300 g/mol. The van der Waals surface area contributed by atoms with Crippen LogP contribution in [0.25, 0.3) is 0 Å². The van der Waals surface area contributed by atoms with Crippen LogP contribution in [-0.2, 0) is 6.54 Å². The summed E-state index contributed by atoms with van der Waals surface area (Å²) in [5, 5.41) is 3.52. The summed E-state index contributed by atoms with van der Waals surface area (Å²) in [7, 11) is 1.72. The van der Waals surface area contributed by atoms with Gasteiger partial charge in [-0.2, -0.15) is 0 Å². The number of likely N-dealkylation sites (tertiary alicyclic amines) is 1. The van der Waals surface area contributed by atoms with Gasteiger partial charge in [-0.1, -0.05) is 12.1 Å². The third-order valence-electron chi connectivity index (χ3n) is 4.24. The molecule has 3 rings (SSSR count). The summed E-state index contributed by atoms with van der Waals surface area (Å²) in [4.78, 5) is 9.95. The van der Waals surface area contributed by atoms with E-state index in [1.807, 2.05) is 12.3 Å². The number of H-pyrrole nitrogens is 1. The largest absolute Gasteiger partial charge is 0.497 e. The lowest BCUT2D eigenvalue weighted by atomic mass is 10.0. The summed E-state index contributed by atoms with van der Waals surface area (Å²) >= 11 is 0. The molecule has 1 aromatic heterocycles. The molecule has 22 heavy (non-hydrogen) atoms. The van der Waals surface area contributed by atoms with Crippen LogP contribution < -0.4 is 10.1 Å². The van der Waals surface area contributed by atoms with E-state index in [9.17, 15) is 0 Å². The van der Waals surface area contributed by atoms with Gasteiger partial charge in [0.1, 0.15) is 11.6 Å². The van der Waals surface area contributed by atoms with Crippen molar-refractivity contribution >= 4 is 0 Å². The highest BCUT2D eigenvalue weighted by molar-refractivity contribution is 5.31. The molecule has 5 heteroatoms. The lowest BCUT2D eigenvalue weighted by Crippen LogP contribution is -2.34. The Morgan fingerprint density at radius 1 is 1.36 bits per heavy atom. The lowest BCUT2D eigenvalue weighted by molar-refractivity contribution is 0.237. The minimum atomic E-state index is 0.382. The zero-order chi connectivity index (χ0) is 15.2. The van der Waals surface area contributed by atoms with Gasteiger partial charge in [0.05, 0.1) is 13.7 Å². The third-order valence-corrected chi connectivity index (χ3v) is 4.24. The fraction of sp³-hybridized carbons (Fsp3) is 0.471. The number of nitrogens with zero attached hydrogens (tertiary/aromatic N) is 2. The molecule has 1 fully saturated rings. The van der Waals surface area contributed by atoms with Crippen molar-refractivity contribution in [1.29, 1.82) is 0 Å². The number of nitrogens with one attached hydrogen (secondary N) is 2. The van der Waals surface area contributed by atoms with Crippen molar-refractivity contribution in [2.75, 3.05) is 26.7 Å². The van der Waals surface area contributed by atoms with Crippen molar-refractivity contribution in [3.8, 4) is 5.75 Å². The van der Waals surface area contributed by atoms with Gasteiger partial charge in [-0.05, 0) is 43.6 Å². The summed E-state index contributed by atoms with van der Waals surface area (Å²) in [5.74, 6) is 1.90. The van der Waals surface area contributed by atoms with Crippen LogP contribution >= 0.6 is 0 Å². The lowest BCUT2D eigenvalue weighted by Gasteiger charge is -2.28. The van der Waals surface area contributed by atoms with E-state index in [2.05, 4.69) is 38.4 Å². The summed E-state index contributed by atoms with van der Waals surface area (Å²) < 4.78 is 5.38. The van der Waals surface area contributed by atoms with Crippen molar-refractivity contribution in [3.05, 3.63) is 48.0 Å². The molecule has 2 N–H and O–H groups in total. The Bertz CT molecular complexity index is 564. The summed E-state index contributed by atoms with van der Waals surface area (Å²) in [5.41, 5.74) is 1.31. The zero-order valence-corrected chi connectivity index (χ0v) is 13.1. The van der Waals surface area contributed by atoms with Crippen LogP contribution in [0.15, 0.2) is 36.7 Å². The molecule has 0 saturated carbocycles. The predicted octanol–water partition coefficient (Wildman–Crippen LogP) is 2.34. The first-order chi connectivity index (χ1) is 10.9. The summed E-state index contributed by atoms with van der Waals surface area (Å²) in [6.07, 6.45) is 6.23. The average Bonchev–Trinajstić information content (AvgIpc) is 3.25. The molecule has 0 amide bonds. The molecular formula is C17H24N4O. The van der Waals surface area contributed by atoms with Crippen molar-refractivity contribution in [1.82, 2.24) is 20.2 Å². The molecule has 2 aromatic rings. The smallest absolute Gasteiger partial charge is 0.120 e. The second-order valence-corrected chi connectivity index (χ2v) is 5.70. The molecule has 5 nitrogen and oxygen atoms in total. The van der Waals surface area contributed by atoms with Crippen molar-refractivity contribution in [3.63, 3.8) is 0 Å². The minimum Gasteiger partial charge on any atom is -0.497 e. The molecule has 1 unspecified atom stereocenters. The Labute approximate surface area is 131 Å². The molecule has 1 saturated heterocycles. The van der Waals surface area contributed by atoms with Crippen LogP contribution in [0.3, 0.4) is 0 Å². The van der Waals surface area contributed by atoms with Gasteiger partial charge in [0.25, 0.3) is 0 Å².